The summed E-state index contributed by atoms with van der Waals surface area (Å²) in [5.41, 5.74) is 2.40. The quantitative estimate of drug-likeness (QED) is 0.695. The fourth-order valence-corrected chi connectivity index (χ4v) is 2.83. The van der Waals surface area contributed by atoms with E-state index in [-0.39, 0.29) is 17.4 Å². The molecule has 2 rings (SSSR count). The molecule has 4 heteroatoms. The number of carbonyl (C=O) groups is 1. The van der Waals surface area contributed by atoms with Crippen LogP contribution < -0.4 is 14.8 Å². The molecule has 0 aliphatic heterocycles. The lowest BCUT2D eigenvalue weighted by atomic mass is 9.87. The zero-order chi connectivity index (χ0) is 20.7. The van der Waals surface area contributed by atoms with E-state index >= 15 is 0 Å². The SMILES string of the molecule is CC[C@H](Oc1ccc(C(C)(C)C)cc1)C(=O)N[C@H](C)COc1ccccc1C. The van der Waals surface area contributed by atoms with Crippen LogP contribution in [0.4, 0.5) is 0 Å². The summed E-state index contributed by atoms with van der Waals surface area (Å²) in [7, 11) is 0. The van der Waals surface area contributed by atoms with Gasteiger partial charge in [0, 0.05) is 0 Å². The summed E-state index contributed by atoms with van der Waals surface area (Å²) in [5, 5.41) is 2.99. The number of carbonyl (C=O) groups excluding carboxylic acids is 1. The van der Waals surface area contributed by atoms with Crippen LogP contribution in [-0.4, -0.2) is 24.7 Å². The Bertz CT molecular complexity index is 762. The van der Waals surface area contributed by atoms with Crippen LogP contribution in [0.25, 0.3) is 0 Å². The van der Waals surface area contributed by atoms with Gasteiger partial charge in [0.15, 0.2) is 6.10 Å². The Morgan fingerprint density at radius 3 is 2.29 bits per heavy atom. The van der Waals surface area contributed by atoms with Crippen molar-refractivity contribution in [3.8, 4) is 11.5 Å². The Balaban J connectivity index is 1.89. The topological polar surface area (TPSA) is 47.6 Å². The highest BCUT2D eigenvalue weighted by Gasteiger charge is 2.21. The van der Waals surface area contributed by atoms with Crippen molar-refractivity contribution in [3.05, 3.63) is 59.7 Å². The van der Waals surface area contributed by atoms with Crippen LogP contribution in [0, 0.1) is 6.92 Å². The standard InChI is InChI=1S/C24H33NO3/c1-7-21(28-20-14-12-19(13-15-20)24(4,5)6)23(26)25-18(3)16-27-22-11-9-8-10-17(22)2/h8-15,18,21H,7,16H2,1-6H3,(H,25,26)/t18-,21+/m1/s1. The van der Waals surface area contributed by atoms with E-state index in [4.69, 9.17) is 9.47 Å². The number of rotatable bonds is 8. The fourth-order valence-electron chi connectivity index (χ4n) is 2.83. The largest absolute Gasteiger partial charge is 0.491 e. The summed E-state index contributed by atoms with van der Waals surface area (Å²) in [6, 6.07) is 15.7. The molecule has 28 heavy (non-hydrogen) atoms. The first kappa shape index (κ1) is 21.8. The molecule has 0 aliphatic carbocycles. The third kappa shape index (κ3) is 6.29. The van der Waals surface area contributed by atoms with Crippen molar-refractivity contribution in [3.63, 3.8) is 0 Å². The molecule has 2 atom stereocenters. The van der Waals surface area contributed by atoms with Gasteiger partial charge in [0.25, 0.3) is 5.91 Å². The Hall–Kier alpha value is -2.49. The van der Waals surface area contributed by atoms with Crippen LogP contribution in [0.15, 0.2) is 48.5 Å². The smallest absolute Gasteiger partial charge is 0.261 e. The summed E-state index contributed by atoms with van der Waals surface area (Å²) in [6.45, 7) is 12.8. The summed E-state index contributed by atoms with van der Waals surface area (Å²) >= 11 is 0. The summed E-state index contributed by atoms with van der Waals surface area (Å²) in [5.74, 6) is 1.42. The second-order valence-electron chi connectivity index (χ2n) is 8.28. The number of aryl methyl sites for hydroxylation is 1. The lowest BCUT2D eigenvalue weighted by Gasteiger charge is -2.22. The molecule has 2 aromatic carbocycles. The zero-order valence-electron chi connectivity index (χ0n) is 17.9. The molecule has 4 nitrogen and oxygen atoms in total. The molecule has 1 amide bonds. The molecule has 0 saturated heterocycles. The molecular weight excluding hydrogens is 350 g/mol. The molecule has 0 unspecified atom stereocenters. The van der Waals surface area contributed by atoms with Gasteiger partial charge in [-0.05, 0) is 55.0 Å². The Labute approximate surface area is 169 Å². The maximum Gasteiger partial charge on any atom is 0.261 e. The number of benzene rings is 2. The van der Waals surface area contributed by atoms with E-state index in [1.807, 2.05) is 57.2 Å². The zero-order valence-corrected chi connectivity index (χ0v) is 17.9. The van der Waals surface area contributed by atoms with Crippen LogP contribution in [-0.2, 0) is 10.2 Å². The van der Waals surface area contributed by atoms with Crippen LogP contribution in [0.5, 0.6) is 11.5 Å². The molecule has 2 aromatic rings. The lowest BCUT2D eigenvalue weighted by Crippen LogP contribution is -2.44. The van der Waals surface area contributed by atoms with E-state index < -0.39 is 6.10 Å². The third-order valence-corrected chi connectivity index (χ3v) is 4.63. The molecule has 0 radical (unpaired) electrons. The minimum Gasteiger partial charge on any atom is -0.491 e. The normalized spacial score (nSPS) is 13.5. The van der Waals surface area contributed by atoms with E-state index in [9.17, 15) is 4.79 Å². The number of hydrogen-bond acceptors (Lipinski definition) is 3. The van der Waals surface area contributed by atoms with Gasteiger partial charge in [0.1, 0.15) is 18.1 Å². The third-order valence-electron chi connectivity index (χ3n) is 4.63. The van der Waals surface area contributed by atoms with Crippen LogP contribution >= 0.6 is 0 Å². The van der Waals surface area contributed by atoms with Crippen LogP contribution in [0.1, 0.15) is 52.2 Å². The first-order valence-corrected chi connectivity index (χ1v) is 9.96. The van der Waals surface area contributed by atoms with Gasteiger partial charge in [0.05, 0.1) is 6.04 Å². The molecule has 0 heterocycles. The van der Waals surface area contributed by atoms with Crippen molar-refractivity contribution in [1.82, 2.24) is 5.32 Å². The molecule has 0 aliphatic rings. The lowest BCUT2D eigenvalue weighted by molar-refractivity contribution is -0.128. The number of nitrogens with one attached hydrogen (secondary N) is 1. The van der Waals surface area contributed by atoms with Gasteiger partial charge in [-0.1, -0.05) is 58.0 Å². The van der Waals surface area contributed by atoms with Gasteiger partial charge in [-0.15, -0.1) is 0 Å². The first-order chi connectivity index (χ1) is 13.2. The minimum atomic E-state index is -0.526. The molecule has 0 fully saturated rings. The van der Waals surface area contributed by atoms with E-state index in [1.165, 1.54) is 5.56 Å². The number of para-hydroxylation sites is 1. The van der Waals surface area contributed by atoms with Crippen molar-refractivity contribution >= 4 is 5.91 Å². The van der Waals surface area contributed by atoms with Crippen molar-refractivity contribution in [2.24, 2.45) is 0 Å². The van der Waals surface area contributed by atoms with Gasteiger partial charge >= 0.3 is 0 Å². The highest BCUT2D eigenvalue weighted by Crippen LogP contribution is 2.25. The van der Waals surface area contributed by atoms with Gasteiger partial charge in [-0.25, -0.2) is 0 Å². The first-order valence-electron chi connectivity index (χ1n) is 9.96. The predicted molar refractivity (Wildman–Crippen MR) is 114 cm³/mol. The number of ether oxygens (including phenoxy) is 2. The van der Waals surface area contributed by atoms with E-state index in [0.29, 0.717) is 18.8 Å². The van der Waals surface area contributed by atoms with Crippen molar-refractivity contribution in [2.75, 3.05) is 6.61 Å². The summed E-state index contributed by atoms with van der Waals surface area (Å²) in [6.07, 6.45) is 0.0690. The second-order valence-corrected chi connectivity index (χ2v) is 8.28. The molecule has 152 valence electrons. The van der Waals surface area contributed by atoms with E-state index in [2.05, 4.69) is 38.2 Å². The van der Waals surface area contributed by atoms with Crippen molar-refractivity contribution in [2.45, 2.75) is 65.5 Å². The number of amides is 1. The molecule has 0 saturated carbocycles. The van der Waals surface area contributed by atoms with Crippen molar-refractivity contribution < 1.29 is 14.3 Å². The Morgan fingerprint density at radius 1 is 1.07 bits per heavy atom. The molecule has 0 spiro atoms. The van der Waals surface area contributed by atoms with E-state index in [1.54, 1.807) is 0 Å². The average molecular weight is 384 g/mol. The molecule has 1 N–H and O–H groups in total. The monoisotopic (exact) mass is 383 g/mol. The summed E-state index contributed by atoms with van der Waals surface area (Å²) < 4.78 is 11.7. The average Bonchev–Trinajstić information content (AvgIpc) is 2.65. The van der Waals surface area contributed by atoms with Gasteiger partial charge in [0.2, 0.25) is 0 Å². The predicted octanol–water partition coefficient (Wildman–Crippen LogP) is 5.03. The van der Waals surface area contributed by atoms with E-state index in [0.717, 1.165) is 11.3 Å². The minimum absolute atomic E-state index is 0.0899. The fraction of sp³-hybridized carbons (Fsp3) is 0.458. The molecule has 0 aromatic heterocycles. The van der Waals surface area contributed by atoms with Crippen LogP contribution in [0.2, 0.25) is 0 Å². The van der Waals surface area contributed by atoms with Crippen LogP contribution in [0.3, 0.4) is 0 Å². The molecule has 0 bridgehead atoms. The van der Waals surface area contributed by atoms with Crippen molar-refractivity contribution in [1.29, 1.82) is 0 Å². The van der Waals surface area contributed by atoms with Gasteiger partial charge in [-0.2, -0.15) is 0 Å². The maximum atomic E-state index is 12.6. The Kier molecular flexibility index (Phi) is 7.50. The Morgan fingerprint density at radius 2 is 1.71 bits per heavy atom. The second kappa shape index (κ2) is 9.63. The highest BCUT2D eigenvalue weighted by molar-refractivity contribution is 5.81. The van der Waals surface area contributed by atoms with Gasteiger partial charge < -0.3 is 14.8 Å². The number of hydrogen-bond donors (Lipinski definition) is 1. The molecular formula is C24H33NO3. The summed E-state index contributed by atoms with van der Waals surface area (Å²) in [4.78, 5) is 12.6. The highest BCUT2D eigenvalue weighted by atomic mass is 16.5. The van der Waals surface area contributed by atoms with Gasteiger partial charge in [-0.3, -0.25) is 4.79 Å². The maximum absolute atomic E-state index is 12.6.